The molecule has 9 heteroatoms. The predicted octanol–water partition coefficient (Wildman–Crippen LogP) is 2.90. The molecule has 0 aromatic carbocycles. The average Bonchev–Trinajstić information content (AvgIpc) is 3.34. The van der Waals surface area contributed by atoms with Gasteiger partial charge in [-0.1, -0.05) is 0 Å². The molecule has 4 rings (SSSR count). The third-order valence-corrected chi connectivity index (χ3v) is 4.62. The van der Waals surface area contributed by atoms with E-state index in [-0.39, 0.29) is 6.04 Å². The Balaban J connectivity index is 1.81. The van der Waals surface area contributed by atoms with E-state index >= 15 is 0 Å². The van der Waals surface area contributed by atoms with Crippen molar-refractivity contribution in [3.8, 4) is 23.0 Å². The van der Waals surface area contributed by atoms with E-state index in [2.05, 4.69) is 45.4 Å². The highest BCUT2D eigenvalue weighted by atomic mass is 16.3. The van der Waals surface area contributed by atoms with Gasteiger partial charge in [0, 0.05) is 24.0 Å². The Morgan fingerprint density at radius 1 is 1.10 bits per heavy atom. The second kappa shape index (κ2) is 7.24. The largest absolute Gasteiger partial charge is 0.386 e. The molecule has 0 atom stereocenters. The molecule has 0 unspecified atom stereocenters. The Labute approximate surface area is 173 Å². The zero-order valence-electron chi connectivity index (χ0n) is 17.2. The smallest absolute Gasteiger partial charge is 0.164 e. The second-order valence-corrected chi connectivity index (χ2v) is 7.90. The van der Waals surface area contributed by atoms with E-state index < -0.39 is 5.60 Å². The lowest BCUT2D eigenvalue weighted by Gasteiger charge is -2.16. The molecule has 2 N–H and O–H groups in total. The van der Waals surface area contributed by atoms with E-state index in [4.69, 9.17) is 5.26 Å². The number of rotatable bonds is 5. The SMILES string of the molecule is CC(C)Nc1cc(-c2cnn3cc(C#N)cnc23)ncc1-n1cc(C(C)(C)O)cn1. The van der Waals surface area contributed by atoms with Gasteiger partial charge in [0.15, 0.2) is 5.65 Å². The molecule has 0 fully saturated rings. The van der Waals surface area contributed by atoms with Crippen LogP contribution in [0.5, 0.6) is 0 Å². The molecule has 0 spiro atoms. The number of fused-ring (bicyclic) bond motifs is 1. The van der Waals surface area contributed by atoms with Crippen molar-refractivity contribution in [2.45, 2.75) is 39.3 Å². The van der Waals surface area contributed by atoms with Crippen LogP contribution in [0.2, 0.25) is 0 Å². The Hall–Kier alpha value is -3.77. The van der Waals surface area contributed by atoms with Crippen LogP contribution in [-0.4, -0.2) is 40.5 Å². The summed E-state index contributed by atoms with van der Waals surface area (Å²) in [6, 6.07) is 4.17. The minimum Gasteiger partial charge on any atom is -0.386 e. The van der Waals surface area contributed by atoms with E-state index in [1.807, 2.05) is 6.07 Å². The highest BCUT2D eigenvalue weighted by molar-refractivity contribution is 5.78. The van der Waals surface area contributed by atoms with Crippen molar-refractivity contribution in [1.29, 1.82) is 5.26 Å². The summed E-state index contributed by atoms with van der Waals surface area (Å²) in [7, 11) is 0. The van der Waals surface area contributed by atoms with Crippen LogP contribution in [-0.2, 0) is 5.60 Å². The van der Waals surface area contributed by atoms with Crippen LogP contribution in [0.1, 0.15) is 38.8 Å². The summed E-state index contributed by atoms with van der Waals surface area (Å²) in [4.78, 5) is 8.97. The van der Waals surface area contributed by atoms with Crippen LogP contribution >= 0.6 is 0 Å². The van der Waals surface area contributed by atoms with Gasteiger partial charge in [-0.3, -0.25) is 4.98 Å². The predicted molar refractivity (Wildman–Crippen MR) is 112 cm³/mol. The van der Waals surface area contributed by atoms with Crippen LogP contribution in [0.15, 0.2) is 43.2 Å². The summed E-state index contributed by atoms with van der Waals surface area (Å²) in [5.74, 6) is 0. The summed E-state index contributed by atoms with van der Waals surface area (Å²) in [6.45, 7) is 7.54. The lowest BCUT2D eigenvalue weighted by atomic mass is 10.0. The van der Waals surface area contributed by atoms with Crippen molar-refractivity contribution in [1.82, 2.24) is 29.4 Å². The molecule has 0 aliphatic carbocycles. The maximum atomic E-state index is 10.3. The maximum absolute atomic E-state index is 10.3. The first-order valence-corrected chi connectivity index (χ1v) is 9.54. The number of nitrogens with zero attached hydrogens (tertiary/aromatic N) is 7. The lowest BCUT2D eigenvalue weighted by Crippen LogP contribution is -2.15. The number of hydrogen-bond acceptors (Lipinski definition) is 7. The molecule has 0 amide bonds. The molecule has 0 aliphatic heterocycles. The van der Waals surface area contributed by atoms with Crippen molar-refractivity contribution in [3.63, 3.8) is 0 Å². The van der Waals surface area contributed by atoms with Gasteiger partial charge in [0.2, 0.25) is 0 Å². The number of nitriles is 1. The van der Waals surface area contributed by atoms with Crippen molar-refractivity contribution < 1.29 is 5.11 Å². The van der Waals surface area contributed by atoms with Crippen LogP contribution in [0.25, 0.3) is 22.6 Å². The van der Waals surface area contributed by atoms with Gasteiger partial charge in [0.05, 0.1) is 52.9 Å². The molecule has 0 radical (unpaired) electrons. The minimum absolute atomic E-state index is 0.184. The molecular weight excluding hydrogens is 380 g/mol. The van der Waals surface area contributed by atoms with Crippen LogP contribution in [0.3, 0.4) is 0 Å². The van der Waals surface area contributed by atoms with Crippen molar-refractivity contribution in [2.75, 3.05) is 5.32 Å². The van der Waals surface area contributed by atoms with Gasteiger partial charge in [-0.2, -0.15) is 15.5 Å². The van der Waals surface area contributed by atoms with E-state index in [1.54, 1.807) is 54.0 Å². The van der Waals surface area contributed by atoms with Crippen molar-refractivity contribution >= 4 is 11.3 Å². The fourth-order valence-corrected chi connectivity index (χ4v) is 3.09. The summed E-state index contributed by atoms with van der Waals surface area (Å²) in [6.07, 6.45) is 10.0. The molecule has 4 aromatic heterocycles. The zero-order chi connectivity index (χ0) is 21.5. The summed E-state index contributed by atoms with van der Waals surface area (Å²) in [5, 5.41) is 31.4. The Morgan fingerprint density at radius 3 is 2.57 bits per heavy atom. The minimum atomic E-state index is -0.984. The zero-order valence-corrected chi connectivity index (χ0v) is 17.2. The molecule has 152 valence electrons. The van der Waals surface area contributed by atoms with Gasteiger partial charge in [-0.15, -0.1) is 0 Å². The molecule has 30 heavy (non-hydrogen) atoms. The van der Waals surface area contributed by atoms with Crippen LogP contribution < -0.4 is 5.32 Å². The highest BCUT2D eigenvalue weighted by Crippen LogP contribution is 2.29. The molecule has 9 nitrogen and oxygen atoms in total. The van der Waals surface area contributed by atoms with Crippen LogP contribution in [0.4, 0.5) is 5.69 Å². The summed E-state index contributed by atoms with van der Waals surface area (Å²) < 4.78 is 3.27. The topological polar surface area (TPSA) is 117 Å². The second-order valence-electron chi connectivity index (χ2n) is 7.90. The number of aliphatic hydroxyl groups is 1. The van der Waals surface area contributed by atoms with Crippen molar-refractivity contribution in [2.24, 2.45) is 0 Å². The molecule has 0 aliphatic rings. The van der Waals surface area contributed by atoms with Gasteiger partial charge in [0.1, 0.15) is 11.8 Å². The van der Waals surface area contributed by atoms with Gasteiger partial charge in [-0.05, 0) is 33.8 Å². The monoisotopic (exact) mass is 402 g/mol. The maximum Gasteiger partial charge on any atom is 0.164 e. The number of nitrogens with one attached hydrogen (secondary N) is 1. The number of aromatic nitrogens is 6. The van der Waals surface area contributed by atoms with E-state index in [0.717, 1.165) is 16.9 Å². The molecule has 0 saturated heterocycles. The lowest BCUT2D eigenvalue weighted by molar-refractivity contribution is 0.0786. The quantitative estimate of drug-likeness (QED) is 0.527. The Morgan fingerprint density at radius 2 is 1.90 bits per heavy atom. The first-order valence-electron chi connectivity index (χ1n) is 9.54. The van der Waals surface area contributed by atoms with Gasteiger partial charge >= 0.3 is 0 Å². The van der Waals surface area contributed by atoms with Gasteiger partial charge < -0.3 is 10.4 Å². The molecular formula is C21H22N8O. The highest BCUT2D eigenvalue weighted by Gasteiger charge is 2.20. The van der Waals surface area contributed by atoms with E-state index in [1.165, 1.54) is 6.20 Å². The Kier molecular flexibility index (Phi) is 4.72. The first-order chi connectivity index (χ1) is 14.3. The van der Waals surface area contributed by atoms with Crippen LogP contribution in [0, 0.1) is 11.3 Å². The average molecular weight is 402 g/mol. The van der Waals surface area contributed by atoms with Crippen molar-refractivity contribution in [3.05, 3.63) is 54.4 Å². The number of pyridine rings is 1. The Bertz CT molecular complexity index is 1260. The first kappa shape index (κ1) is 19.5. The van der Waals surface area contributed by atoms with E-state index in [9.17, 15) is 5.11 Å². The molecule has 0 saturated carbocycles. The normalized spacial score (nSPS) is 11.8. The number of anilines is 1. The number of hydrogen-bond donors (Lipinski definition) is 2. The van der Waals surface area contributed by atoms with Gasteiger partial charge in [0.25, 0.3) is 0 Å². The third-order valence-electron chi connectivity index (χ3n) is 4.62. The summed E-state index contributed by atoms with van der Waals surface area (Å²) >= 11 is 0. The fourth-order valence-electron chi connectivity index (χ4n) is 3.09. The standard InChI is InChI=1S/C21H22N8O/c1-13(2)27-18-5-17(16-9-26-29-11-14(6-22)7-24-20(16)29)23-10-19(18)28-12-15(8-25-28)21(3,4)30/h5,7-13,30H,1-4H3,(H,23,27). The molecule has 0 bridgehead atoms. The van der Waals surface area contributed by atoms with E-state index in [0.29, 0.717) is 22.5 Å². The summed E-state index contributed by atoms with van der Waals surface area (Å²) in [5.41, 5.74) is 3.84. The van der Waals surface area contributed by atoms with Gasteiger partial charge in [-0.25, -0.2) is 14.2 Å². The third kappa shape index (κ3) is 3.60. The fraction of sp³-hybridized carbons (Fsp3) is 0.286. The molecule has 4 heterocycles. The molecule has 4 aromatic rings.